The number of halogens is 2. The standard InChI is InChI=1S/C12H7BrClNO3/c13-11(8-3-4-10(14)17-8)6-1-2-7-9(5-6)18-12(16)15-7/h1-5,11H,(H,15,16). The van der Waals surface area contributed by atoms with Gasteiger partial charge in [0, 0.05) is 0 Å². The molecule has 0 amide bonds. The minimum Gasteiger partial charge on any atom is -0.448 e. The van der Waals surface area contributed by atoms with Crippen molar-refractivity contribution in [1.29, 1.82) is 0 Å². The molecule has 4 nitrogen and oxygen atoms in total. The Labute approximate surface area is 115 Å². The van der Waals surface area contributed by atoms with Crippen molar-refractivity contribution < 1.29 is 8.83 Å². The third-order valence-electron chi connectivity index (χ3n) is 2.58. The van der Waals surface area contributed by atoms with Crippen LogP contribution in [0.25, 0.3) is 11.1 Å². The summed E-state index contributed by atoms with van der Waals surface area (Å²) in [5, 5.41) is 0.337. The van der Waals surface area contributed by atoms with Crippen LogP contribution in [0.2, 0.25) is 5.22 Å². The molecule has 0 aliphatic heterocycles. The Morgan fingerprint density at radius 2 is 2.06 bits per heavy atom. The Morgan fingerprint density at radius 3 is 2.78 bits per heavy atom. The largest absolute Gasteiger partial charge is 0.448 e. The van der Waals surface area contributed by atoms with Crippen LogP contribution in [-0.2, 0) is 0 Å². The number of hydrogen-bond acceptors (Lipinski definition) is 3. The second-order valence-electron chi connectivity index (χ2n) is 3.77. The summed E-state index contributed by atoms with van der Waals surface area (Å²) in [5.74, 6) is 0.228. The molecule has 6 heteroatoms. The highest BCUT2D eigenvalue weighted by Crippen LogP contribution is 2.34. The summed E-state index contributed by atoms with van der Waals surface area (Å²) >= 11 is 9.26. The third-order valence-corrected chi connectivity index (χ3v) is 3.76. The van der Waals surface area contributed by atoms with Crippen LogP contribution >= 0.6 is 27.5 Å². The zero-order valence-corrected chi connectivity index (χ0v) is 11.3. The molecular weight excluding hydrogens is 321 g/mol. The number of aromatic nitrogens is 1. The van der Waals surface area contributed by atoms with Crippen LogP contribution in [0, 0.1) is 0 Å². The number of rotatable bonds is 2. The van der Waals surface area contributed by atoms with Crippen molar-refractivity contribution in [2.45, 2.75) is 4.83 Å². The first kappa shape index (κ1) is 11.6. The molecular formula is C12H7BrClNO3. The maximum Gasteiger partial charge on any atom is 0.417 e. The summed E-state index contributed by atoms with van der Waals surface area (Å²) in [4.78, 5) is 13.5. The van der Waals surface area contributed by atoms with E-state index in [0.717, 1.165) is 5.56 Å². The van der Waals surface area contributed by atoms with Crippen molar-refractivity contribution >= 4 is 38.6 Å². The molecule has 1 N–H and O–H groups in total. The molecule has 1 unspecified atom stereocenters. The van der Waals surface area contributed by atoms with Crippen LogP contribution in [0.1, 0.15) is 16.2 Å². The van der Waals surface area contributed by atoms with Gasteiger partial charge in [-0.1, -0.05) is 22.0 Å². The highest BCUT2D eigenvalue weighted by atomic mass is 79.9. The van der Waals surface area contributed by atoms with E-state index >= 15 is 0 Å². The molecule has 0 saturated carbocycles. The zero-order valence-electron chi connectivity index (χ0n) is 8.94. The van der Waals surface area contributed by atoms with E-state index in [4.69, 9.17) is 20.4 Å². The van der Waals surface area contributed by atoms with Crippen LogP contribution in [-0.4, -0.2) is 4.98 Å². The highest BCUT2D eigenvalue weighted by Gasteiger charge is 2.15. The van der Waals surface area contributed by atoms with Gasteiger partial charge in [0.05, 0.1) is 10.3 Å². The van der Waals surface area contributed by atoms with E-state index in [-0.39, 0.29) is 4.83 Å². The molecule has 3 rings (SSSR count). The van der Waals surface area contributed by atoms with Gasteiger partial charge in [-0.05, 0) is 41.4 Å². The van der Waals surface area contributed by atoms with Gasteiger partial charge in [0.25, 0.3) is 0 Å². The van der Waals surface area contributed by atoms with Gasteiger partial charge in [-0.15, -0.1) is 0 Å². The lowest BCUT2D eigenvalue weighted by molar-refractivity contribution is 0.521. The SMILES string of the molecule is O=c1[nH]c2ccc(C(Br)c3ccc(Cl)o3)cc2o1. The van der Waals surface area contributed by atoms with E-state index in [1.807, 2.05) is 6.07 Å². The molecule has 0 aliphatic rings. The molecule has 0 radical (unpaired) electrons. The summed E-state index contributed by atoms with van der Waals surface area (Å²) < 4.78 is 10.3. The van der Waals surface area contributed by atoms with Crippen LogP contribution < -0.4 is 5.76 Å². The van der Waals surface area contributed by atoms with Crippen LogP contribution in [0.3, 0.4) is 0 Å². The second kappa shape index (κ2) is 4.33. The fourth-order valence-corrected chi connectivity index (χ4v) is 2.43. The van der Waals surface area contributed by atoms with Gasteiger partial charge in [0.15, 0.2) is 10.8 Å². The van der Waals surface area contributed by atoms with Crippen LogP contribution in [0.15, 0.2) is 44.0 Å². The van der Waals surface area contributed by atoms with Crippen LogP contribution in [0.5, 0.6) is 0 Å². The number of H-pyrrole nitrogens is 1. The lowest BCUT2D eigenvalue weighted by Gasteiger charge is -2.06. The molecule has 92 valence electrons. The number of benzene rings is 1. The van der Waals surface area contributed by atoms with Crippen LogP contribution in [0.4, 0.5) is 0 Å². The van der Waals surface area contributed by atoms with E-state index in [2.05, 4.69) is 20.9 Å². The minimum absolute atomic E-state index is 0.144. The summed E-state index contributed by atoms with van der Waals surface area (Å²) in [5.41, 5.74) is 2.09. The third kappa shape index (κ3) is 2.00. The molecule has 0 fully saturated rings. The Bertz CT molecular complexity index is 758. The molecule has 2 heterocycles. The number of nitrogens with one attached hydrogen (secondary N) is 1. The maximum absolute atomic E-state index is 11.1. The Balaban J connectivity index is 2.05. The lowest BCUT2D eigenvalue weighted by atomic mass is 10.1. The van der Waals surface area contributed by atoms with Crippen molar-refractivity contribution in [3.8, 4) is 0 Å². The summed E-state index contributed by atoms with van der Waals surface area (Å²) in [6.45, 7) is 0. The highest BCUT2D eigenvalue weighted by molar-refractivity contribution is 9.09. The van der Waals surface area contributed by atoms with Gasteiger partial charge in [-0.3, -0.25) is 4.98 Å². The smallest absolute Gasteiger partial charge is 0.417 e. The van der Waals surface area contributed by atoms with Gasteiger partial charge < -0.3 is 8.83 Å². The van der Waals surface area contributed by atoms with Gasteiger partial charge in [-0.2, -0.15) is 0 Å². The molecule has 1 aromatic carbocycles. The van der Waals surface area contributed by atoms with Gasteiger partial charge in [-0.25, -0.2) is 4.79 Å². The Hall–Kier alpha value is -1.46. The number of oxazole rings is 1. The van der Waals surface area contributed by atoms with Crippen molar-refractivity contribution in [3.05, 3.63) is 57.4 Å². The van der Waals surface area contributed by atoms with E-state index in [1.165, 1.54) is 0 Å². The van der Waals surface area contributed by atoms with Gasteiger partial charge in [0.2, 0.25) is 0 Å². The van der Waals surface area contributed by atoms with E-state index < -0.39 is 5.76 Å². The van der Waals surface area contributed by atoms with Crippen molar-refractivity contribution in [3.63, 3.8) is 0 Å². The monoisotopic (exact) mass is 327 g/mol. The average molecular weight is 329 g/mol. The predicted octanol–water partition coefficient (Wildman–Crippen LogP) is 3.85. The maximum atomic E-state index is 11.1. The van der Waals surface area contributed by atoms with E-state index in [1.54, 1.807) is 24.3 Å². The first-order valence-electron chi connectivity index (χ1n) is 5.15. The van der Waals surface area contributed by atoms with E-state index in [0.29, 0.717) is 22.1 Å². The second-order valence-corrected chi connectivity index (χ2v) is 5.06. The number of hydrogen-bond donors (Lipinski definition) is 1. The topological polar surface area (TPSA) is 59.1 Å². The molecule has 18 heavy (non-hydrogen) atoms. The summed E-state index contributed by atoms with van der Waals surface area (Å²) in [6.07, 6.45) is 0. The summed E-state index contributed by atoms with van der Waals surface area (Å²) in [6, 6.07) is 8.92. The lowest BCUT2D eigenvalue weighted by Crippen LogP contribution is -1.92. The number of alkyl halides is 1. The molecule has 0 aliphatic carbocycles. The average Bonchev–Trinajstić information content (AvgIpc) is 2.92. The first-order valence-corrected chi connectivity index (χ1v) is 6.45. The van der Waals surface area contributed by atoms with Crippen molar-refractivity contribution in [2.24, 2.45) is 0 Å². The van der Waals surface area contributed by atoms with Gasteiger partial charge >= 0.3 is 5.76 Å². The molecule has 0 saturated heterocycles. The zero-order chi connectivity index (χ0) is 12.7. The molecule has 1 atom stereocenters. The van der Waals surface area contributed by atoms with Gasteiger partial charge in [0.1, 0.15) is 5.76 Å². The molecule has 0 bridgehead atoms. The molecule has 0 spiro atoms. The quantitative estimate of drug-likeness (QED) is 0.727. The first-order chi connectivity index (χ1) is 8.63. The fraction of sp³-hybridized carbons (Fsp3) is 0.0833. The van der Waals surface area contributed by atoms with E-state index in [9.17, 15) is 4.79 Å². The molecule has 2 aromatic heterocycles. The number of fused-ring (bicyclic) bond motifs is 1. The fourth-order valence-electron chi connectivity index (χ4n) is 1.75. The number of aromatic amines is 1. The summed E-state index contributed by atoms with van der Waals surface area (Å²) in [7, 11) is 0. The van der Waals surface area contributed by atoms with Crippen molar-refractivity contribution in [2.75, 3.05) is 0 Å². The Kier molecular flexibility index (Phi) is 2.80. The minimum atomic E-state index is -0.464. The molecule has 3 aromatic rings. The predicted molar refractivity (Wildman–Crippen MR) is 71.3 cm³/mol. The number of furan rings is 1. The normalized spacial score (nSPS) is 13.0. The van der Waals surface area contributed by atoms with Crippen molar-refractivity contribution in [1.82, 2.24) is 4.98 Å². The Morgan fingerprint density at radius 1 is 1.22 bits per heavy atom.